The summed E-state index contributed by atoms with van der Waals surface area (Å²) < 4.78 is 4.56. The summed E-state index contributed by atoms with van der Waals surface area (Å²) in [5.74, 6) is 0.325. The molecule has 0 unspecified atom stereocenters. The molecule has 0 aliphatic carbocycles. The van der Waals surface area contributed by atoms with Gasteiger partial charge in [0.05, 0.1) is 5.56 Å². The van der Waals surface area contributed by atoms with Crippen molar-refractivity contribution in [3.8, 4) is 0 Å². The summed E-state index contributed by atoms with van der Waals surface area (Å²) in [7, 11) is 0. The van der Waals surface area contributed by atoms with E-state index in [1.54, 1.807) is 6.92 Å². The van der Waals surface area contributed by atoms with Gasteiger partial charge in [-0.05, 0) is 13.0 Å². The second kappa shape index (κ2) is 3.97. The van der Waals surface area contributed by atoms with E-state index in [1.165, 1.54) is 6.07 Å². The molecule has 1 amide bonds. The van der Waals surface area contributed by atoms with Gasteiger partial charge in [-0.3, -0.25) is 15.2 Å². The lowest BCUT2D eigenvalue weighted by molar-refractivity contribution is 0.102. The lowest BCUT2D eigenvalue weighted by atomic mass is 10.3. The van der Waals surface area contributed by atoms with Crippen LogP contribution < -0.4 is 10.9 Å². The maximum Gasteiger partial charge on any atom is 0.335 e. The van der Waals surface area contributed by atoms with E-state index in [-0.39, 0.29) is 11.5 Å². The van der Waals surface area contributed by atoms with Crippen molar-refractivity contribution in [3.63, 3.8) is 0 Å². The van der Waals surface area contributed by atoms with Gasteiger partial charge < -0.3 is 4.42 Å². The Morgan fingerprint density at radius 2 is 2.31 bits per heavy atom. The van der Waals surface area contributed by atoms with Crippen LogP contribution in [0.4, 0.5) is 5.95 Å². The Balaban J connectivity index is 2.14. The molecular weight excluding hydrogens is 212 g/mol. The van der Waals surface area contributed by atoms with Crippen molar-refractivity contribution in [1.82, 2.24) is 15.2 Å². The fourth-order valence-corrected chi connectivity index (χ4v) is 1.06. The van der Waals surface area contributed by atoms with Gasteiger partial charge in [-0.15, -0.1) is 5.10 Å². The molecule has 2 heterocycles. The Morgan fingerprint density at radius 3 is 2.88 bits per heavy atom. The highest BCUT2D eigenvalue weighted by atomic mass is 16.4. The number of carbonyl (C=O) groups excluding carboxylic acids is 1. The van der Waals surface area contributed by atoms with Gasteiger partial charge in [0.15, 0.2) is 0 Å². The number of nitrogens with one attached hydrogen (secondary N) is 2. The first-order valence-electron chi connectivity index (χ1n) is 4.44. The summed E-state index contributed by atoms with van der Waals surface area (Å²) >= 11 is 0. The Morgan fingerprint density at radius 1 is 1.50 bits per heavy atom. The summed E-state index contributed by atoms with van der Waals surface area (Å²) in [6, 6.07) is 2.53. The monoisotopic (exact) mass is 220 g/mol. The largest absolute Gasteiger partial charge is 0.430 e. The molecule has 2 rings (SSSR count). The van der Waals surface area contributed by atoms with Crippen molar-refractivity contribution in [1.29, 1.82) is 0 Å². The Labute approximate surface area is 89.5 Å². The van der Waals surface area contributed by atoms with Crippen LogP contribution in [0.1, 0.15) is 16.2 Å². The molecule has 0 aromatic carbocycles. The number of hydrogen-bond acceptors (Lipinski definition) is 5. The Hall–Kier alpha value is -2.44. The lowest BCUT2D eigenvalue weighted by Crippen LogP contribution is -2.13. The molecule has 0 saturated carbocycles. The zero-order valence-electron chi connectivity index (χ0n) is 8.35. The van der Waals surface area contributed by atoms with E-state index in [1.807, 2.05) is 0 Å². The molecule has 0 fully saturated rings. The van der Waals surface area contributed by atoms with Crippen molar-refractivity contribution in [2.45, 2.75) is 6.92 Å². The van der Waals surface area contributed by atoms with E-state index < -0.39 is 11.5 Å². The van der Waals surface area contributed by atoms with E-state index in [4.69, 9.17) is 0 Å². The third kappa shape index (κ3) is 2.14. The summed E-state index contributed by atoms with van der Waals surface area (Å²) in [6.07, 6.45) is 1.08. The molecule has 16 heavy (non-hydrogen) atoms. The normalized spacial score (nSPS) is 10.1. The van der Waals surface area contributed by atoms with Gasteiger partial charge in [0, 0.05) is 6.07 Å². The topological polar surface area (TPSA) is 101 Å². The summed E-state index contributed by atoms with van der Waals surface area (Å²) in [6.45, 7) is 1.71. The predicted octanol–water partition coefficient (Wildman–Crippen LogP) is 0.319. The number of carbonyl (C=O) groups is 1. The Bertz CT molecular complexity index is 552. The molecule has 0 saturated heterocycles. The minimum atomic E-state index is -0.509. The zero-order chi connectivity index (χ0) is 11.5. The number of rotatable bonds is 2. The zero-order valence-corrected chi connectivity index (χ0v) is 8.35. The van der Waals surface area contributed by atoms with Crippen LogP contribution in [-0.2, 0) is 0 Å². The van der Waals surface area contributed by atoms with Gasteiger partial charge in [0.1, 0.15) is 12.1 Å². The fraction of sp³-hybridized carbons (Fsp3) is 0.111. The molecule has 82 valence electrons. The maximum atomic E-state index is 11.6. The van der Waals surface area contributed by atoms with Crippen LogP contribution in [0.5, 0.6) is 0 Å². The van der Waals surface area contributed by atoms with E-state index in [0.29, 0.717) is 5.82 Å². The first-order chi connectivity index (χ1) is 7.65. The maximum absolute atomic E-state index is 11.6. The molecule has 0 aliphatic heterocycles. The van der Waals surface area contributed by atoms with Gasteiger partial charge in [-0.1, -0.05) is 0 Å². The standard InChI is InChI=1S/C9H8N4O3/c1-5-10-9(13-12-5)11-8(15)6-2-3-7(14)16-4-6/h2-4H,1H3,(H2,10,11,12,13,15). The highest BCUT2D eigenvalue weighted by molar-refractivity contribution is 6.02. The molecule has 2 aromatic heterocycles. The molecule has 2 aromatic rings. The number of aromatic amines is 1. The van der Waals surface area contributed by atoms with Gasteiger partial charge in [0.2, 0.25) is 5.95 Å². The van der Waals surface area contributed by atoms with E-state index in [9.17, 15) is 9.59 Å². The minimum Gasteiger partial charge on any atom is -0.430 e. The van der Waals surface area contributed by atoms with Crippen LogP contribution in [0.2, 0.25) is 0 Å². The van der Waals surface area contributed by atoms with Crippen molar-refractivity contribution in [2.24, 2.45) is 0 Å². The third-order valence-electron chi connectivity index (χ3n) is 1.79. The molecular formula is C9H8N4O3. The average Bonchev–Trinajstić information content (AvgIpc) is 2.65. The minimum absolute atomic E-state index is 0.175. The van der Waals surface area contributed by atoms with Crippen LogP contribution >= 0.6 is 0 Å². The quantitative estimate of drug-likeness (QED) is 0.758. The van der Waals surface area contributed by atoms with Crippen LogP contribution in [0.25, 0.3) is 0 Å². The average molecular weight is 220 g/mol. The molecule has 2 N–H and O–H groups in total. The lowest BCUT2D eigenvalue weighted by Gasteiger charge is -1.98. The Kier molecular flexibility index (Phi) is 2.50. The second-order valence-electron chi connectivity index (χ2n) is 3.04. The van der Waals surface area contributed by atoms with Crippen LogP contribution in [0, 0.1) is 6.92 Å². The van der Waals surface area contributed by atoms with Gasteiger partial charge in [-0.2, -0.15) is 4.98 Å². The van der Waals surface area contributed by atoms with Crippen LogP contribution in [0.3, 0.4) is 0 Å². The van der Waals surface area contributed by atoms with Crippen LogP contribution in [0.15, 0.2) is 27.6 Å². The summed E-state index contributed by atoms with van der Waals surface area (Å²) in [5, 5.41) is 8.77. The number of hydrogen-bond donors (Lipinski definition) is 2. The number of nitrogens with zero attached hydrogens (tertiary/aromatic N) is 2. The number of aryl methyl sites for hydroxylation is 1. The first kappa shape index (κ1) is 10.1. The highest BCUT2D eigenvalue weighted by Gasteiger charge is 2.09. The highest BCUT2D eigenvalue weighted by Crippen LogP contribution is 2.02. The van der Waals surface area contributed by atoms with E-state index in [0.717, 1.165) is 12.3 Å². The molecule has 7 heteroatoms. The molecule has 7 nitrogen and oxygen atoms in total. The van der Waals surface area contributed by atoms with E-state index in [2.05, 4.69) is 24.9 Å². The third-order valence-corrected chi connectivity index (χ3v) is 1.79. The van der Waals surface area contributed by atoms with Crippen molar-refractivity contribution in [3.05, 3.63) is 40.2 Å². The summed E-state index contributed by atoms with van der Waals surface area (Å²) in [4.78, 5) is 26.1. The number of H-pyrrole nitrogens is 1. The van der Waals surface area contributed by atoms with Gasteiger partial charge in [-0.25, -0.2) is 4.79 Å². The van der Waals surface area contributed by atoms with Crippen LogP contribution in [-0.4, -0.2) is 21.1 Å². The molecule has 0 aliphatic rings. The van der Waals surface area contributed by atoms with Crippen molar-refractivity contribution in [2.75, 3.05) is 5.32 Å². The van der Waals surface area contributed by atoms with Gasteiger partial charge >= 0.3 is 5.63 Å². The molecule has 0 atom stereocenters. The number of amides is 1. The predicted molar refractivity (Wildman–Crippen MR) is 54.1 cm³/mol. The van der Waals surface area contributed by atoms with Crippen molar-refractivity contribution >= 4 is 11.9 Å². The van der Waals surface area contributed by atoms with Crippen molar-refractivity contribution < 1.29 is 9.21 Å². The number of aromatic nitrogens is 3. The molecule has 0 radical (unpaired) electrons. The number of anilines is 1. The SMILES string of the molecule is Cc1nc(NC(=O)c2ccc(=O)oc2)n[nH]1. The molecule has 0 spiro atoms. The van der Waals surface area contributed by atoms with E-state index >= 15 is 0 Å². The molecule has 0 bridgehead atoms. The smallest absolute Gasteiger partial charge is 0.335 e. The fourth-order valence-electron chi connectivity index (χ4n) is 1.06. The first-order valence-corrected chi connectivity index (χ1v) is 4.44. The summed E-state index contributed by atoms with van der Waals surface area (Å²) in [5.41, 5.74) is -0.285. The van der Waals surface area contributed by atoms with Gasteiger partial charge in [0.25, 0.3) is 5.91 Å². The second-order valence-corrected chi connectivity index (χ2v) is 3.04.